The van der Waals surface area contributed by atoms with Crippen molar-refractivity contribution in [2.45, 2.75) is 13.8 Å². The van der Waals surface area contributed by atoms with Crippen LogP contribution in [0.5, 0.6) is 0 Å². The molecular weight excluding hydrogens is 248 g/mol. The summed E-state index contributed by atoms with van der Waals surface area (Å²) in [6, 6.07) is 5.68. The lowest BCUT2D eigenvalue weighted by Gasteiger charge is -2.09. The number of anilines is 2. The van der Waals surface area contributed by atoms with Gasteiger partial charge in [-0.25, -0.2) is 0 Å². The van der Waals surface area contributed by atoms with E-state index in [2.05, 4.69) is 20.8 Å². The third-order valence-electron chi connectivity index (χ3n) is 2.44. The van der Waals surface area contributed by atoms with Gasteiger partial charge in [-0.15, -0.1) is 10.2 Å². The molecule has 0 atom stereocenters. The molecule has 2 aromatic rings. The third kappa shape index (κ3) is 2.65. The molecule has 1 aromatic carbocycles. The highest BCUT2D eigenvalue weighted by Crippen LogP contribution is 2.20. The second kappa shape index (κ2) is 5.14. The Bertz CT molecular complexity index is 579. The summed E-state index contributed by atoms with van der Waals surface area (Å²) in [4.78, 5) is 12.1. The summed E-state index contributed by atoms with van der Waals surface area (Å²) >= 11 is 1.35. The molecule has 0 aliphatic heterocycles. The second-order valence-corrected chi connectivity index (χ2v) is 5.06. The predicted molar refractivity (Wildman–Crippen MR) is 73.3 cm³/mol. The zero-order valence-electron chi connectivity index (χ0n) is 10.4. The summed E-state index contributed by atoms with van der Waals surface area (Å²) in [7, 11) is 1.79. The number of aromatic nitrogens is 2. The maximum Gasteiger partial charge on any atom is 0.259 e. The SMILES string of the molecule is CNc1ccc(C)cc1C(=O)Nc1nnc(C)s1. The Kier molecular flexibility index (Phi) is 3.57. The summed E-state index contributed by atoms with van der Waals surface area (Å²) in [5.41, 5.74) is 2.43. The van der Waals surface area contributed by atoms with E-state index in [1.165, 1.54) is 11.3 Å². The van der Waals surface area contributed by atoms with Crippen molar-refractivity contribution in [1.29, 1.82) is 0 Å². The first kappa shape index (κ1) is 12.5. The van der Waals surface area contributed by atoms with Crippen molar-refractivity contribution in [3.8, 4) is 0 Å². The van der Waals surface area contributed by atoms with E-state index in [1.54, 1.807) is 7.05 Å². The van der Waals surface area contributed by atoms with E-state index in [9.17, 15) is 4.79 Å². The Morgan fingerprint density at radius 2 is 2.06 bits per heavy atom. The topological polar surface area (TPSA) is 66.9 Å². The fourth-order valence-electron chi connectivity index (χ4n) is 1.58. The molecule has 0 aliphatic rings. The molecule has 1 aromatic heterocycles. The van der Waals surface area contributed by atoms with Gasteiger partial charge < -0.3 is 5.32 Å². The first-order valence-electron chi connectivity index (χ1n) is 5.50. The Morgan fingerprint density at radius 1 is 1.28 bits per heavy atom. The minimum Gasteiger partial charge on any atom is -0.387 e. The monoisotopic (exact) mass is 262 g/mol. The minimum atomic E-state index is -0.181. The first-order valence-corrected chi connectivity index (χ1v) is 6.31. The van der Waals surface area contributed by atoms with Crippen molar-refractivity contribution in [2.75, 3.05) is 17.7 Å². The van der Waals surface area contributed by atoms with Gasteiger partial charge in [0.25, 0.3) is 5.91 Å². The fourth-order valence-corrected chi connectivity index (χ4v) is 2.16. The van der Waals surface area contributed by atoms with E-state index in [0.717, 1.165) is 16.3 Å². The Hall–Kier alpha value is -1.95. The average molecular weight is 262 g/mol. The van der Waals surface area contributed by atoms with E-state index in [4.69, 9.17) is 0 Å². The number of nitrogens with one attached hydrogen (secondary N) is 2. The number of aryl methyl sites for hydroxylation is 2. The van der Waals surface area contributed by atoms with Crippen molar-refractivity contribution in [1.82, 2.24) is 10.2 Å². The maximum atomic E-state index is 12.1. The van der Waals surface area contributed by atoms with Crippen LogP contribution in [0.25, 0.3) is 0 Å². The molecule has 0 spiro atoms. The summed E-state index contributed by atoms with van der Waals surface area (Å²) in [5, 5.41) is 14.8. The molecule has 2 N–H and O–H groups in total. The highest BCUT2D eigenvalue weighted by Gasteiger charge is 2.13. The van der Waals surface area contributed by atoms with Crippen molar-refractivity contribution in [3.63, 3.8) is 0 Å². The van der Waals surface area contributed by atoms with Gasteiger partial charge in [-0.05, 0) is 26.0 Å². The molecule has 0 fully saturated rings. The maximum absolute atomic E-state index is 12.1. The van der Waals surface area contributed by atoms with Crippen LogP contribution < -0.4 is 10.6 Å². The van der Waals surface area contributed by atoms with Gasteiger partial charge in [0.15, 0.2) is 0 Å². The zero-order chi connectivity index (χ0) is 13.1. The van der Waals surface area contributed by atoms with Gasteiger partial charge in [0.05, 0.1) is 5.56 Å². The summed E-state index contributed by atoms with van der Waals surface area (Å²) in [6.45, 7) is 3.80. The lowest BCUT2D eigenvalue weighted by Crippen LogP contribution is -2.14. The van der Waals surface area contributed by atoms with Gasteiger partial charge in [0.2, 0.25) is 5.13 Å². The van der Waals surface area contributed by atoms with Crippen molar-refractivity contribution in [2.24, 2.45) is 0 Å². The summed E-state index contributed by atoms with van der Waals surface area (Å²) in [5.74, 6) is -0.181. The van der Waals surface area contributed by atoms with E-state index in [1.807, 2.05) is 32.0 Å². The van der Waals surface area contributed by atoms with Crippen LogP contribution in [0.3, 0.4) is 0 Å². The van der Waals surface area contributed by atoms with Crippen molar-refractivity contribution in [3.05, 3.63) is 34.3 Å². The minimum absolute atomic E-state index is 0.181. The largest absolute Gasteiger partial charge is 0.387 e. The Balaban J connectivity index is 2.25. The molecular formula is C12H14N4OS. The summed E-state index contributed by atoms with van der Waals surface area (Å²) in [6.07, 6.45) is 0. The quantitative estimate of drug-likeness (QED) is 0.891. The number of nitrogens with zero attached hydrogens (tertiary/aromatic N) is 2. The van der Waals surface area contributed by atoms with Gasteiger partial charge in [-0.1, -0.05) is 23.0 Å². The third-order valence-corrected chi connectivity index (χ3v) is 3.19. The first-order chi connectivity index (χ1) is 8.60. The number of amides is 1. The van der Waals surface area contributed by atoms with Crippen LogP contribution >= 0.6 is 11.3 Å². The molecule has 5 nitrogen and oxygen atoms in total. The Labute approximate surface area is 109 Å². The molecule has 0 saturated heterocycles. The zero-order valence-corrected chi connectivity index (χ0v) is 11.3. The average Bonchev–Trinajstić information content (AvgIpc) is 2.74. The number of benzene rings is 1. The van der Waals surface area contributed by atoms with Gasteiger partial charge in [-0.2, -0.15) is 0 Å². The van der Waals surface area contributed by atoms with Gasteiger partial charge in [-0.3, -0.25) is 10.1 Å². The van der Waals surface area contributed by atoms with Crippen molar-refractivity contribution < 1.29 is 4.79 Å². The van der Waals surface area contributed by atoms with Crippen LogP contribution in [0, 0.1) is 13.8 Å². The molecule has 18 heavy (non-hydrogen) atoms. The van der Waals surface area contributed by atoms with E-state index < -0.39 is 0 Å². The van der Waals surface area contributed by atoms with Crippen LogP contribution in [0.4, 0.5) is 10.8 Å². The summed E-state index contributed by atoms with van der Waals surface area (Å²) < 4.78 is 0. The van der Waals surface area contributed by atoms with Gasteiger partial charge in [0.1, 0.15) is 5.01 Å². The predicted octanol–water partition coefficient (Wildman–Crippen LogP) is 2.45. The Morgan fingerprint density at radius 3 is 2.67 bits per heavy atom. The molecule has 2 rings (SSSR count). The molecule has 0 aliphatic carbocycles. The molecule has 0 bridgehead atoms. The highest BCUT2D eigenvalue weighted by atomic mass is 32.1. The van der Waals surface area contributed by atoms with Crippen LogP contribution in [0.2, 0.25) is 0 Å². The lowest BCUT2D eigenvalue weighted by atomic mass is 10.1. The van der Waals surface area contributed by atoms with Crippen LogP contribution in [-0.4, -0.2) is 23.2 Å². The van der Waals surface area contributed by atoms with Crippen LogP contribution in [-0.2, 0) is 0 Å². The smallest absolute Gasteiger partial charge is 0.259 e. The van der Waals surface area contributed by atoms with Gasteiger partial charge in [0, 0.05) is 12.7 Å². The van der Waals surface area contributed by atoms with Crippen molar-refractivity contribution >= 4 is 28.1 Å². The van der Waals surface area contributed by atoms with Gasteiger partial charge >= 0.3 is 0 Å². The molecule has 0 saturated carbocycles. The number of rotatable bonds is 3. The number of hydrogen-bond acceptors (Lipinski definition) is 5. The molecule has 1 amide bonds. The lowest BCUT2D eigenvalue weighted by molar-refractivity contribution is 0.102. The van der Waals surface area contributed by atoms with Crippen LogP contribution in [0.15, 0.2) is 18.2 Å². The normalized spacial score (nSPS) is 10.2. The fraction of sp³-hybridized carbons (Fsp3) is 0.250. The molecule has 94 valence electrons. The number of carbonyl (C=O) groups excluding carboxylic acids is 1. The van der Waals surface area contributed by atoms with E-state index in [-0.39, 0.29) is 5.91 Å². The molecule has 0 unspecified atom stereocenters. The molecule has 6 heteroatoms. The highest BCUT2D eigenvalue weighted by molar-refractivity contribution is 7.15. The second-order valence-electron chi connectivity index (χ2n) is 3.88. The van der Waals surface area contributed by atoms with E-state index >= 15 is 0 Å². The number of hydrogen-bond donors (Lipinski definition) is 2. The van der Waals surface area contributed by atoms with Crippen LogP contribution in [0.1, 0.15) is 20.9 Å². The standard InChI is InChI=1S/C12H14N4OS/c1-7-4-5-10(13-3)9(6-7)11(17)14-12-16-15-8(2)18-12/h4-6,13H,1-3H3,(H,14,16,17). The molecule has 0 radical (unpaired) electrons. The molecule has 1 heterocycles. The van der Waals surface area contributed by atoms with E-state index in [0.29, 0.717) is 10.7 Å². The number of carbonyl (C=O) groups is 1.